The summed E-state index contributed by atoms with van der Waals surface area (Å²) in [6.45, 7) is 1.77. The number of nitriles is 1. The number of piperidine rings is 1. The number of methoxy groups -OCH3 is 1. The molecule has 1 unspecified atom stereocenters. The molecule has 2 aliphatic heterocycles. The molecule has 0 radical (unpaired) electrons. The summed E-state index contributed by atoms with van der Waals surface area (Å²) < 4.78 is 65.8. The average molecular weight is 629 g/mol. The van der Waals surface area contributed by atoms with Gasteiger partial charge in [0.25, 0.3) is 0 Å². The monoisotopic (exact) mass is 628 g/mol. The number of benzene rings is 2. The van der Waals surface area contributed by atoms with Crippen LogP contribution >= 0.6 is 0 Å². The maximum absolute atomic E-state index is 15.6. The zero-order valence-corrected chi connectivity index (χ0v) is 24.9. The lowest BCUT2D eigenvalue weighted by atomic mass is 9.86. The first-order valence-electron chi connectivity index (χ1n) is 16.7. The third kappa shape index (κ3) is 5.47. The van der Waals surface area contributed by atoms with Gasteiger partial charge in [0.1, 0.15) is 34.8 Å². The van der Waals surface area contributed by atoms with E-state index in [-0.39, 0.29) is 28.5 Å². The highest BCUT2D eigenvalue weighted by molar-refractivity contribution is 5.88. The number of halogens is 2. The minimum atomic E-state index is -2.79. The Morgan fingerprint density at radius 2 is 2.02 bits per heavy atom. The molecule has 1 saturated carbocycles. The van der Waals surface area contributed by atoms with Gasteiger partial charge in [-0.2, -0.15) is 5.26 Å². The SMILES string of the molecule is [2H]C([2H])([2H])Oc1cc(C#N)ccc1C1C=C(F)c2cccc(C3CCN(Cc4nc5ccc(C(=O)O)nc5n4CC4(CF)CC4)CC3)c2O1. The second-order valence-corrected chi connectivity index (χ2v) is 12.4. The number of aromatic nitrogens is 3. The van der Waals surface area contributed by atoms with Crippen molar-refractivity contribution in [2.45, 2.75) is 50.8 Å². The molecule has 11 heteroatoms. The molecule has 2 fully saturated rings. The number of rotatable bonds is 9. The second-order valence-electron chi connectivity index (χ2n) is 12.4. The Bertz CT molecular complexity index is 2010. The minimum Gasteiger partial charge on any atom is -0.496 e. The van der Waals surface area contributed by atoms with Gasteiger partial charge in [-0.3, -0.25) is 9.29 Å². The van der Waals surface area contributed by atoms with Gasteiger partial charge < -0.3 is 19.1 Å². The van der Waals surface area contributed by atoms with Crippen LogP contribution in [0, 0.1) is 16.7 Å². The molecule has 9 nitrogen and oxygen atoms in total. The topological polar surface area (TPSA) is 114 Å². The van der Waals surface area contributed by atoms with Crippen molar-refractivity contribution in [3.05, 3.63) is 88.4 Å². The highest BCUT2D eigenvalue weighted by Gasteiger charge is 2.44. The Labute approximate surface area is 268 Å². The standard InChI is InChI=1S/C35H33F2N5O4/c1-45-29-15-21(17-38)5-6-25(29)30-16-26(37)24-4-2-3-23(32(24)46-30)22-9-13-41(14-10-22)18-31-39-27-7-8-28(34(43)44)40-33(27)42(31)20-35(19-36)11-12-35/h2-8,15-16,22,30H,9-14,18-20H2,1H3,(H,43,44)/i1D3. The molecule has 2 aromatic heterocycles. The lowest BCUT2D eigenvalue weighted by Crippen LogP contribution is -2.34. The number of pyridine rings is 1. The van der Waals surface area contributed by atoms with Gasteiger partial charge in [-0.1, -0.05) is 12.1 Å². The molecule has 4 heterocycles. The summed E-state index contributed by atoms with van der Waals surface area (Å²) in [7, 11) is -2.79. The molecular formula is C35H33F2N5O4. The first-order valence-corrected chi connectivity index (χ1v) is 15.2. The van der Waals surface area contributed by atoms with E-state index in [0.29, 0.717) is 54.5 Å². The number of nitrogens with zero attached hydrogens (tertiary/aromatic N) is 5. The Morgan fingerprint density at radius 3 is 2.74 bits per heavy atom. The van der Waals surface area contributed by atoms with Gasteiger partial charge in [-0.05, 0) is 92.7 Å². The number of imidazole rings is 1. The van der Waals surface area contributed by atoms with Crippen molar-refractivity contribution < 1.29 is 32.3 Å². The zero-order chi connectivity index (χ0) is 34.5. The fourth-order valence-electron chi connectivity index (χ4n) is 6.56. The summed E-state index contributed by atoms with van der Waals surface area (Å²) in [6.07, 6.45) is 3.27. The lowest BCUT2D eigenvalue weighted by molar-refractivity contribution is 0.0690. The molecule has 46 heavy (non-hydrogen) atoms. The van der Waals surface area contributed by atoms with Crippen molar-refractivity contribution in [2.24, 2.45) is 5.41 Å². The van der Waals surface area contributed by atoms with E-state index in [1.54, 1.807) is 18.2 Å². The number of carboxylic acids is 1. The van der Waals surface area contributed by atoms with Crippen molar-refractivity contribution in [1.82, 2.24) is 19.4 Å². The molecule has 3 aliphatic rings. The number of alkyl halides is 1. The largest absolute Gasteiger partial charge is 0.496 e. The van der Waals surface area contributed by atoms with E-state index < -0.39 is 37.0 Å². The summed E-state index contributed by atoms with van der Waals surface area (Å²) in [6, 6.07) is 14.7. The molecule has 0 spiro atoms. The highest BCUT2D eigenvalue weighted by Crippen LogP contribution is 2.48. The first-order chi connectivity index (χ1) is 23.5. The lowest BCUT2D eigenvalue weighted by Gasteiger charge is -2.34. The minimum absolute atomic E-state index is 0.0386. The average Bonchev–Trinajstić information content (AvgIpc) is 3.78. The summed E-state index contributed by atoms with van der Waals surface area (Å²) in [5, 5.41) is 18.9. The fraction of sp³-hybridized carbons (Fsp3) is 0.371. The van der Waals surface area contributed by atoms with Gasteiger partial charge >= 0.3 is 5.97 Å². The Morgan fingerprint density at radius 1 is 1.20 bits per heavy atom. The molecular weight excluding hydrogens is 592 g/mol. The first kappa shape index (κ1) is 26.4. The number of likely N-dealkylation sites (tertiary alicyclic amines) is 1. The van der Waals surface area contributed by atoms with Crippen molar-refractivity contribution in [2.75, 3.05) is 26.8 Å². The number of carbonyl (C=O) groups is 1. The van der Waals surface area contributed by atoms with Gasteiger partial charge in [-0.15, -0.1) is 0 Å². The number of fused-ring (bicyclic) bond motifs is 2. The summed E-state index contributed by atoms with van der Waals surface area (Å²) in [5.41, 5.74) is 2.08. The fourth-order valence-corrected chi connectivity index (χ4v) is 6.56. The molecule has 0 bridgehead atoms. The van der Waals surface area contributed by atoms with E-state index in [1.165, 1.54) is 30.3 Å². The zero-order valence-electron chi connectivity index (χ0n) is 27.9. The molecule has 1 N–H and O–H groups in total. The quantitative estimate of drug-likeness (QED) is 0.221. The van der Waals surface area contributed by atoms with Crippen LogP contribution in [0.1, 0.15) is 80.4 Å². The van der Waals surface area contributed by atoms with E-state index >= 15 is 4.39 Å². The second kappa shape index (κ2) is 11.8. The molecule has 1 aliphatic carbocycles. The third-order valence-corrected chi connectivity index (χ3v) is 9.42. The van der Waals surface area contributed by atoms with Crippen LogP contribution in [0.3, 0.4) is 0 Å². The molecule has 2 aromatic carbocycles. The molecule has 7 rings (SSSR count). The van der Waals surface area contributed by atoms with Crippen LogP contribution in [0.2, 0.25) is 0 Å². The molecule has 1 saturated heterocycles. The van der Waals surface area contributed by atoms with Crippen LogP contribution in [-0.2, 0) is 13.1 Å². The summed E-state index contributed by atoms with van der Waals surface area (Å²) >= 11 is 0. The van der Waals surface area contributed by atoms with Gasteiger partial charge in [-0.25, -0.2) is 19.2 Å². The van der Waals surface area contributed by atoms with Crippen LogP contribution in [-0.4, -0.2) is 57.3 Å². The van der Waals surface area contributed by atoms with Gasteiger partial charge in [0.2, 0.25) is 0 Å². The van der Waals surface area contributed by atoms with Crippen molar-refractivity contribution in [1.29, 1.82) is 5.26 Å². The third-order valence-electron chi connectivity index (χ3n) is 9.42. The Hall–Kier alpha value is -4.82. The van der Waals surface area contributed by atoms with Crippen molar-refractivity contribution in [3.63, 3.8) is 0 Å². The molecule has 0 amide bonds. The number of hydrogen-bond donors (Lipinski definition) is 1. The van der Waals surface area contributed by atoms with E-state index in [0.717, 1.165) is 31.2 Å². The number of para-hydroxylation sites is 1. The normalized spacial score (nSPS) is 20.4. The van der Waals surface area contributed by atoms with Crippen LogP contribution < -0.4 is 9.47 Å². The highest BCUT2D eigenvalue weighted by atomic mass is 19.1. The van der Waals surface area contributed by atoms with E-state index in [4.69, 9.17) is 18.6 Å². The van der Waals surface area contributed by atoms with Crippen LogP contribution in [0.4, 0.5) is 8.78 Å². The van der Waals surface area contributed by atoms with Crippen LogP contribution in [0.15, 0.2) is 54.6 Å². The van der Waals surface area contributed by atoms with Gasteiger partial charge in [0.15, 0.2) is 11.3 Å². The van der Waals surface area contributed by atoms with E-state index in [2.05, 4.69) is 9.88 Å². The van der Waals surface area contributed by atoms with Crippen molar-refractivity contribution >= 4 is 23.0 Å². The van der Waals surface area contributed by atoms with Crippen LogP contribution in [0.25, 0.3) is 17.0 Å². The summed E-state index contributed by atoms with van der Waals surface area (Å²) in [5.74, 6) is -0.595. The van der Waals surface area contributed by atoms with Crippen LogP contribution in [0.5, 0.6) is 11.5 Å². The Balaban J connectivity index is 1.11. The predicted octanol–water partition coefficient (Wildman–Crippen LogP) is 6.58. The molecule has 4 aromatic rings. The van der Waals surface area contributed by atoms with Gasteiger partial charge in [0.05, 0.1) is 41.6 Å². The van der Waals surface area contributed by atoms with E-state index in [9.17, 15) is 19.6 Å². The molecule has 236 valence electrons. The number of carboxylic acid groups (broad SMARTS) is 1. The number of hydrogen-bond acceptors (Lipinski definition) is 7. The summed E-state index contributed by atoms with van der Waals surface area (Å²) in [4.78, 5) is 23.0. The predicted molar refractivity (Wildman–Crippen MR) is 166 cm³/mol. The number of ether oxygens (including phenoxy) is 2. The Kier molecular flexibility index (Phi) is 6.80. The molecule has 1 atom stereocenters. The smallest absolute Gasteiger partial charge is 0.354 e. The van der Waals surface area contributed by atoms with Gasteiger partial charge in [0, 0.05) is 17.5 Å². The number of aromatic carboxylic acids is 1. The maximum atomic E-state index is 15.6. The van der Waals surface area contributed by atoms with Crippen molar-refractivity contribution in [3.8, 4) is 17.6 Å². The maximum Gasteiger partial charge on any atom is 0.354 e. The van der Waals surface area contributed by atoms with E-state index in [1.807, 2.05) is 16.7 Å².